The molecule has 0 spiro atoms. The molecule has 0 aliphatic heterocycles. The van der Waals surface area contributed by atoms with Crippen molar-refractivity contribution in [3.63, 3.8) is 0 Å². The first kappa shape index (κ1) is 29.0. The fourth-order valence-electron chi connectivity index (χ4n) is 3.13. The third-order valence-corrected chi connectivity index (χ3v) is 5.58. The molecule has 1 aromatic rings. The number of benzene rings is 1. The van der Waals surface area contributed by atoms with Crippen LogP contribution in [-0.2, 0) is 25.6 Å². The number of carboxylic acids is 1. The number of aliphatic hydroxyl groups excluding tert-OH is 2. The number of aliphatic carboxylic acids is 1. The van der Waals surface area contributed by atoms with Gasteiger partial charge in [-0.15, -0.1) is 0 Å². The predicted octanol–water partition coefficient (Wildman–Crippen LogP) is -1.10. The van der Waals surface area contributed by atoms with Gasteiger partial charge in [0.2, 0.25) is 17.7 Å². The maximum Gasteiger partial charge on any atom is 0.326 e. The molecule has 11 heteroatoms. The highest BCUT2D eigenvalue weighted by atomic mass is 16.4. The van der Waals surface area contributed by atoms with Crippen molar-refractivity contribution < 1.29 is 34.5 Å². The molecule has 1 rings (SSSR count). The Morgan fingerprint density at radius 2 is 1.41 bits per heavy atom. The number of rotatable bonds is 13. The molecular weight excluding hydrogens is 444 g/mol. The minimum atomic E-state index is -1.47. The van der Waals surface area contributed by atoms with Crippen LogP contribution in [0.5, 0.6) is 0 Å². The van der Waals surface area contributed by atoms with E-state index in [-0.39, 0.29) is 12.3 Å². The van der Waals surface area contributed by atoms with Crippen molar-refractivity contribution in [2.45, 2.75) is 76.9 Å². The van der Waals surface area contributed by atoms with Crippen molar-refractivity contribution in [2.24, 2.45) is 11.7 Å². The maximum absolute atomic E-state index is 13.1. The van der Waals surface area contributed by atoms with Crippen LogP contribution in [0.1, 0.15) is 39.7 Å². The Hall–Kier alpha value is -3.02. The Labute approximate surface area is 199 Å². The number of amides is 3. The summed E-state index contributed by atoms with van der Waals surface area (Å²) in [6.07, 6.45) is -1.99. The zero-order chi connectivity index (χ0) is 26.0. The number of carboxylic acid groups (broad SMARTS) is 1. The third-order valence-electron chi connectivity index (χ3n) is 5.58. The lowest BCUT2D eigenvalue weighted by molar-refractivity contribution is -0.144. The molecule has 0 saturated heterocycles. The summed E-state index contributed by atoms with van der Waals surface area (Å²) in [6.45, 7) is 6.04. The molecule has 0 aliphatic carbocycles. The van der Waals surface area contributed by atoms with E-state index in [1.165, 1.54) is 13.8 Å². The highest BCUT2D eigenvalue weighted by Crippen LogP contribution is 2.10. The topological polar surface area (TPSA) is 191 Å². The van der Waals surface area contributed by atoms with Crippen LogP contribution in [-0.4, -0.2) is 75.4 Å². The molecule has 0 fully saturated rings. The zero-order valence-corrected chi connectivity index (χ0v) is 19.9. The first-order valence-corrected chi connectivity index (χ1v) is 11.2. The normalized spacial score (nSPS) is 17.3. The number of carbonyl (C=O) groups excluding carboxylic acids is 3. The molecule has 34 heavy (non-hydrogen) atoms. The van der Waals surface area contributed by atoms with E-state index in [0.29, 0.717) is 12.0 Å². The summed E-state index contributed by atoms with van der Waals surface area (Å²) in [6, 6.07) is 3.62. The Balaban J connectivity index is 3.09. The van der Waals surface area contributed by atoms with E-state index in [4.69, 9.17) is 5.73 Å². The smallest absolute Gasteiger partial charge is 0.326 e. The van der Waals surface area contributed by atoms with E-state index >= 15 is 0 Å². The predicted molar refractivity (Wildman–Crippen MR) is 124 cm³/mol. The molecule has 8 N–H and O–H groups in total. The van der Waals surface area contributed by atoms with Crippen molar-refractivity contribution in [1.29, 1.82) is 0 Å². The fraction of sp³-hybridized carbons (Fsp3) is 0.565. The van der Waals surface area contributed by atoms with E-state index in [9.17, 15) is 34.5 Å². The highest BCUT2D eigenvalue weighted by molar-refractivity contribution is 5.94. The Morgan fingerprint density at radius 1 is 0.853 bits per heavy atom. The first-order valence-electron chi connectivity index (χ1n) is 11.2. The van der Waals surface area contributed by atoms with E-state index in [2.05, 4.69) is 16.0 Å². The highest BCUT2D eigenvalue weighted by Gasteiger charge is 2.34. The van der Waals surface area contributed by atoms with Gasteiger partial charge in [0, 0.05) is 6.42 Å². The molecule has 0 radical (unpaired) electrons. The minimum Gasteiger partial charge on any atom is -0.480 e. The molecule has 3 amide bonds. The van der Waals surface area contributed by atoms with Gasteiger partial charge in [-0.3, -0.25) is 14.4 Å². The summed E-state index contributed by atoms with van der Waals surface area (Å²) >= 11 is 0. The number of carbonyl (C=O) groups is 4. The van der Waals surface area contributed by atoms with Gasteiger partial charge in [-0.05, 0) is 25.3 Å². The van der Waals surface area contributed by atoms with Crippen molar-refractivity contribution in [1.82, 2.24) is 16.0 Å². The van der Waals surface area contributed by atoms with Crippen LogP contribution < -0.4 is 21.7 Å². The van der Waals surface area contributed by atoms with E-state index in [1.807, 2.05) is 0 Å². The van der Waals surface area contributed by atoms with E-state index in [0.717, 1.165) is 0 Å². The van der Waals surface area contributed by atoms with Gasteiger partial charge < -0.3 is 37.0 Å². The Morgan fingerprint density at radius 3 is 1.88 bits per heavy atom. The summed E-state index contributed by atoms with van der Waals surface area (Å²) in [5.74, 6) is -4.06. The standard InChI is InChI=1S/C23H36N4O7/c1-5-12(2)18(23(33)34)26-22(32)19(14(4)29)27-20(30)16(11-15-9-7-6-8-10-15)25-21(31)17(24)13(3)28/h6-10,12-14,16-19,28-29H,5,11,24H2,1-4H3,(H,25,31)(H,26,32)(H,27,30)(H,33,34). The van der Waals surface area contributed by atoms with Crippen molar-refractivity contribution in [3.8, 4) is 0 Å². The lowest BCUT2D eigenvalue weighted by Gasteiger charge is -2.28. The quantitative estimate of drug-likeness (QED) is 0.185. The molecule has 0 heterocycles. The molecule has 0 bridgehead atoms. The van der Waals surface area contributed by atoms with Crippen molar-refractivity contribution >= 4 is 23.7 Å². The Kier molecular flexibility index (Phi) is 11.6. The van der Waals surface area contributed by atoms with Crippen LogP contribution in [0.3, 0.4) is 0 Å². The summed E-state index contributed by atoms with van der Waals surface area (Å²) in [5.41, 5.74) is 6.37. The molecule has 0 saturated carbocycles. The lowest BCUT2D eigenvalue weighted by Crippen LogP contribution is -2.61. The van der Waals surface area contributed by atoms with Crippen LogP contribution in [0.2, 0.25) is 0 Å². The van der Waals surface area contributed by atoms with Crippen LogP contribution in [0.4, 0.5) is 0 Å². The van der Waals surface area contributed by atoms with Gasteiger partial charge in [0.05, 0.1) is 12.2 Å². The molecule has 1 aromatic carbocycles. The fourth-order valence-corrected chi connectivity index (χ4v) is 3.13. The second-order valence-corrected chi connectivity index (χ2v) is 8.45. The van der Waals surface area contributed by atoms with Gasteiger partial charge in [0.25, 0.3) is 0 Å². The second kappa shape index (κ2) is 13.6. The van der Waals surface area contributed by atoms with Crippen LogP contribution in [0, 0.1) is 5.92 Å². The first-order chi connectivity index (χ1) is 15.9. The van der Waals surface area contributed by atoms with Crippen molar-refractivity contribution in [3.05, 3.63) is 35.9 Å². The number of nitrogens with one attached hydrogen (secondary N) is 3. The summed E-state index contributed by atoms with van der Waals surface area (Å²) in [7, 11) is 0. The molecule has 7 unspecified atom stereocenters. The monoisotopic (exact) mass is 480 g/mol. The maximum atomic E-state index is 13.1. The van der Waals surface area contributed by atoms with Gasteiger partial charge in [0.1, 0.15) is 24.2 Å². The molecule has 0 aromatic heterocycles. The summed E-state index contributed by atoms with van der Waals surface area (Å²) in [4.78, 5) is 49.8. The molecule has 0 aliphatic rings. The van der Waals surface area contributed by atoms with Gasteiger partial charge >= 0.3 is 5.97 Å². The van der Waals surface area contributed by atoms with Crippen molar-refractivity contribution in [2.75, 3.05) is 0 Å². The molecular formula is C23H36N4O7. The lowest BCUT2D eigenvalue weighted by atomic mass is 9.98. The third kappa shape index (κ3) is 8.73. The summed E-state index contributed by atoms with van der Waals surface area (Å²) < 4.78 is 0. The van der Waals surface area contributed by atoms with Gasteiger partial charge in [-0.25, -0.2) is 4.79 Å². The summed E-state index contributed by atoms with van der Waals surface area (Å²) in [5, 5.41) is 36.4. The van der Waals surface area contributed by atoms with E-state index in [1.54, 1.807) is 44.2 Å². The van der Waals surface area contributed by atoms with E-state index < -0.39 is 60.1 Å². The van der Waals surface area contributed by atoms with Gasteiger partial charge in [-0.1, -0.05) is 50.6 Å². The number of hydrogen-bond donors (Lipinski definition) is 7. The average Bonchev–Trinajstić information content (AvgIpc) is 2.79. The SMILES string of the molecule is CCC(C)C(NC(=O)C(NC(=O)C(Cc1ccccc1)NC(=O)C(N)C(C)O)C(C)O)C(=O)O. The van der Waals surface area contributed by atoms with Gasteiger partial charge in [-0.2, -0.15) is 0 Å². The average molecular weight is 481 g/mol. The number of aliphatic hydroxyl groups is 2. The minimum absolute atomic E-state index is 0.0453. The number of hydrogen-bond acceptors (Lipinski definition) is 7. The second-order valence-electron chi connectivity index (χ2n) is 8.45. The molecule has 11 nitrogen and oxygen atoms in total. The zero-order valence-electron chi connectivity index (χ0n) is 19.9. The van der Waals surface area contributed by atoms with Crippen LogP contribution in [0.15, 0.2) is 30.3 Å². The number of nitrogens with two attached hydrogens (primary N) is 1. The molecule has 7 atom stereocenters. The van der Waals surface area contributed by atoms with Crippen LogP contribution in [0.25, 0.3) is 0 Å². The largest absolute Gasteiger partial charge is 0.480 e. The van der Waals surface area contributed by atoms with Crippen LogP contribution >= 0.6 is 0 Å². The Bertz CT molecular complexity index is 832. The molecule has 190 valence electrons. The van der Waals surface area contributed by atoms with Gasteiger partial charge in [0.15, 0.2) is 0 Å².